The molecule has 0 aliphatic carbocycles. The van der Waals surface area contributed by atoms with E-state index in [1.165, 1.54) is 12.1 Å². The summed E-state index contributed by atoms with van der Waals surface area (Å²) in [7, 11) is 1.66. The predicted molar refractivity (Wildman–Crippen MR) is 124 cm³/mol. The Morgan fingerprint density at radius 3 is 2.50 bits per heavy atom. The number of methoxy groups -OCH3 is 1. The van der Waals surface area contributed by atoms with Crippen LogP contribution in [0.25, 0.3) is 10.6 Å². The molecular weight excluding hydrogens is 427 g/mol. The van der Waals surface area contributed by atoms with Gasteiger partial charge in [-0.1, -0.05) is 12.1 Å². The van der Waals surface area contributed by atoms with Crippen molar-refractivity contribution in [1.82, 2.24) is 20.1 Å². The smallest absolute Gasteiger partial charge is 0.317 e. The number of rotatable bonds is 7. The first-order valence-corrected chi connectivity index (χ1v) is 11.6. The summed E-state index contributed by atoms with van der Waals surface area (Å²) in [5.74, 6) is 0.591. The summed E-state index contributed by atoms with van der Waals surface area (Å²) in [5.41, 5.74) is 3.15. The van der Waals surface area contributed by atoms with Gasteiger partial charge in [0, 0.05) is 50.2 Å². The van der Waals surface area contributed by atoms with Gasteiger partial charge in [-0.2, -0.15) is 0 Å². The van der Waals surface area contributed by atoms with Crippen LogP contribution in [0.5, 0.6) is 5.75 Å². The van der Waals surface area contributed by atoms with Crippen LogP contribution in [-0.4, -0.2) is 60.6 Å². The van der Waals surface area contributed by atoms with Gasteiger partial charge in [-0.05, 0) is 48.4 Å². The SMILES string of the molecule is COc1ccc(-c2nc(CN3CCN(C(=O)NCCc4ccc(F)cc4)CC3)cs2)cc1. The fourth-order valence-electron chi connectivity index (χ4n) is 3.66. The number of hydrogen-bond acceptors (Lipinski definition) is 5. The molecule has 0 atom stereocenters. The number of hydrogen-bond donors (Lipinski definition) is 1. The number of nitrogens with zero attached hydrogens (tertiary/aromatic N) is 3. The molecule has 1 fully saturated rings. The first-order valence-electron chi connectivity index (χ1n) is 10.7. The quantitative estimate of drug-likeness (QED) is 0.586. The number of aromatic nitrogens is 1. The maximum atomic E-state index is 13.0. The molecule has 8 heteroatoms. The number of carbonyl (C=O) groups is 1. The standard InChI is InChI=1S/C24H27FN4O2S/c1-31-22-8-4-19(5-9-22)23-27-21(17-32-23)16-28-12-14-29(15-13-28)24(30)26-11-10-18-2-6-20(25)7-3-18/h2-9,17H,10-16H2,1H3,(H,26,30). The van der Waals surface area contributed by atoms with Crippen molar-refractivity contribution >= 4 is 17.4 Å². The Bertz CT molecular complexity index is 1020. The van der Waals surface area contributed by atoms with Crippen LogP contribution in [0.2, 0.25) is 0 Å². The average Bonchev–Trinajstić information content (AvgIpc) is 3.29. The number of halogens is 1. The molecule has 1 aliphatic rings. The lowest BCUT2D eigenvalue weighted by molar-refractivity contribution is 0.134. The first kappa shape index (κ1) is 22.2. The highest BCUT2D eigenvalue weighted by molar-refractivity contribution is 7.13. The van der Waals surface area contributed by atoms with Crippen molar-refractivity contribution in [1.29, 1.82) is 0 Å². The molecule has 2 amide bonds. The Labute approximate surface area is 191 Å². The normalized spacial score (nSPS) is 14.4. The molecule has 2 heterocycles. The molecular formula is C24H27FN4O2S. The second-order valence-electron chi connectivity index (χ2n) is 7.74. The van der Waals surface area contributed by atoms with Crippen molar-refractivity contribution < 1.29 is 13.9 Å². The Morgan fingerprint density at radius 2 is 1.81 bits per heavy atom. The lowest BCUT2D eigenvalue weighted by Crippen LogP contribution is -2.51. The van der Waals surface area contributed by atoms with E-state index in [4.69, 9.17) is 9.72 Å². The molecule has 1 saturated heterocycles. The van der Waals surface area contributed by atoms with Crippen molar-refractivity contribution in [3.05, 3.63) is 71.0 Å². The Balaban J connectivity index is 1.20. The van der Waals surface area contributed by atoms with Crippen LogP contribution in [-0.2, 0) is 13.0 Å². The van der Waals surface area contributed by atoms with Crippen molar-refractivity contribution in [2.24, 2.45) is 0 Å². The second-order valence-corrected chi connectivity index (χ2v) is 8.60. The number of thiazole rings is 1. The number of nitrogens with one attached hydrogen (secondary N) is 1. The number of benzene rings is 2. The molecule has 1 N–H and O–H groups in total. The molecule has 168 valence electrons. The molecule has 4 rings (SSSR count). The molecule has 3 aromatic rings. The van der Waals surface area contributed by atoms with Crippen molar-refractivity contribution in [3.8, 4) is 16.3 Å². The third kappa shape index (κ3) is 5.83. The molecule has 0 saturated carbocycles. The van der Waals surface area contributed by atoms with E-state index in [0.29, 0.717) is 26.1 Å². The first-order chi connectivity index (χ1) is 15.6. The molecule has 2 aromatic carbocycles. The van der Waals surface area contributed by atoms with Crippen LogP contribution >= 0.6 is 11.3 Å². The van der Waals surface area contributed by atoms with Crippen LogP contribution in [0.1, 0.15) is 11.3 Å². The summed E-state index contributed by atoms with van der Waals surface area (Å²) in [5, 5.41) is 6.07. The zero-order chi connectivity index (χ0) is 22.3. The van der Waals surface area contributed by atoms with E-state index in [2.05, 4.69) is 15.6 Å². The molecule has 6 nitrogen and oxygen atoms in total. The summed E-state index contributed by atoms with van der Waals surface area (Å²) in [4.78, 5) is 21.4. The van der Waals surface area contributed by atoms with E-state index in [9.17, 15) is 9.18 Å². The van der Waals surface area contributed by atoms with Crippen LogP contribution in [0.15, 0.2) is 53.9 Å². The third-order valence-electron chi connectivity index (χ3n) is 5.54. The number of ether oxygens (including phenoxy) is 1. The molecule has 1 aliphatic heterocycles. The number of amides is 2. The molecule has 1 aromatic heterocycles. The van der Waals surface area contributed by atoms with Crippen LogP contribution in [0.3, 0.4) is 0 Å². The largest absolute Gasteiger partial charge is 0.497 e. The zero-order valence-electron chi connectivity index (χ0n) is 18.1. The third-order valence-corrected chi connectivity index (χ3v) is 6.48. The fraction of sp³-hybridized carbons (Fsp3) is 0.333. The van der Waals surface area contributed by atoms with E-state index in [0.717, 1.165) is 47.2 Å². The van der Waals surface area contributed by atoms with E-state index in [1.54, 1.807) is 30.6 Å². The van der Waals surface area contributed by atoms with Gasteiger partial charge in [0.1, 0.15) is 16.6 Å². The highest BCUT2D eigenvalue weighted by Gasteiger charge is 2.21. The molecule has 0 unspecified atom stereocenters. The van der Waals surface area contributed by atoms with Gasteiger partial charge in [0.25, 0.3) is 0 Å². The van der Waals surface area contributed by atoms with Crippen LogP contribution in [0.4, 0.5) is 9.18 Å². The average molecular weight is 455 g/mol. The maximum Gasteiger partial charge on any atom is 0.317 e. The number of carbonyl (C=O) groups excluding carboxylic acids is 1. The minimum Gasteiger partial charge on any atom is -0.497 e. The number of urea groups is 1. The van der Waals surface area contributed by atoms with Crippen molar-refractivity contribution in [2.45, 2.75) is 13.0 Å². The predicted octanol–water partition coefficient (Wildman–Crippen LogP) is 4.03. The minimum atomic E-state index is -0.245. The van der Waals surface area contributed by atoms with Gasteiger partial charge >= 0.3 is 6.03 Å². The number of piperazine rings is 1. The summed E-state index contributed by atoms with van der Waals surface area (Å²) in [6.45, 7) is 4.35. The summed E-state index contributed by atoms with van der Waals surface area (Å²) in [6.07, 6.45) is 0.687. The fourth-order valence-corrected chi connectivity index (χ4v) is 4.48. The van der Waals surface area contributed by atoms with Gasteiger partial charge in [-0.25, -0.2) is 14.2 Å². The molecule has 0 bridgehead atoms. The van der Waals surface area contributed by atoms with E-state index >= 15 is 0 Å². The van der Waals surface area contributed by atoms with Gasteiger partial charge in [0.2, 0.25) is 0 Å². The van der Waals surface area contributed by atoms with Crippen molar-refractivity contribution in [3.63, 3.8) is 0 Å². The maximum absolute atomic E-state index is 13.0. The zero-order valence-corrected chi connectivity index (χ0v) is 18.9. The monoisotopic (exact) mass is 454 g/mol. The lowest BCUT2D eigenvalue weighted by Gasteiger charge is -2.34. The Kier molecular flexibility index (Phi) is 7.34. The van der Waals surface area contributed by atoms with Gasteiger partial charge in [0.05, 0.1) is 12.8 Å². The lowest BCUT2D eigenvalue weighted by atomic mass is 10.1. The minimum absolute atomic E-state index is 0.0396. The Morgan fingerprint density at radius 1 is 1.09 bits per heavy atom. The van der Waals surface area contributed by atoms with E-state index in [1.807, 2.05) is 29.2 Å². The molecule has 0 spiro atoms. The van der Waals surface area contributed by atoms with Gasteiger partial charge in [0.15, 0.2) is 0 Å². The highest BCUT2D eigenvalue weighted by Crippen LogP contribution is 2.26. The van der Waals surface area contributed by atoms with Gasteiger partial charge < -0.3 is 15.0 Å². The molecule has 32 heavy (non-hydrogen) atoms. The van der Waals surface area contributed by atoms with E-state index < -0.39 is 0 Å². The molecule has 0 radical (unpaired) electrons. The highest BCUT2D eigenvalue weighted by atomic mass is 32.1. The van der Waals surface area contributed by atoms with Crippen LogP contribution in [0, 0.1) is 5.82 Å². The van der Waals surface area contributed by atoms with Crippen molar-refractivity contribution in [2.75, 3.05) is 39.8 Å². The second kappa shape index (κ2) is 10.6. The van der Waals surface area contributed by atoms with Gasteiger partial charge in [-0.15, -0.1) is 11.3 Å². The van der Waals surface area contributed by atoms with Crippen LogP contribution < -0.4 is 10.1 Å². The Hall–Kier alpha value is -2.97. The summed E-state index contributed by atoms with van der Waals surface area (Å²) >= 11 is 1.64. The van der Waals surface area contributed by atoms with Gasteiger partial charge in [-0.3, -0.25) is 4.90 Å². The van der Waals surface area contributed by atoms with E-state index in [-0.39, 0.29) is 11.8 Å². The summed E-state index contributed by atoms with van der Waals surface area (Å²) < 4.78 is 18.2. The summed E-state index contributed by atoms with van der Waals surface area (Å²) in [6, 6.07) is 14.3. The topological polar surface area (TPSA) is 57.7 Å².